The second-order valence-electron chi connectivity index (χ2n) is 14.3. The molecule has 2 saturated heterocycles. The van der Waals surface area contributed by atoms with Gasteiger partial charge in [0.15, 0.2) is 0 Å². The average Bonchev–Trinajstić information content (AvgIpc) is 3.03. The van der Waals surface area contributed by atoms with Gasteiger partial charge in [-0.05, 0) is 126 Å². The van der Waals surface area contributed by atoms with E-state index in [2.05, 4.69) is 45.9 Å². The highest BCUT2D eigenvalue weighted by atomic mass is 16.3. The van der Waals surface area contributed by atoms with E-state index in [-0.39, 0.29) is 5.75 Å². The first-order chi connectivity index (χ1) is 21.7. The van der Waals surface area contributed by atoms with Gasteiger partial charge >= 0.3 is 0 Å². The van der Waals surface area contributed by atoms with Crippen molar-refractivity contribution in [3.05, 3.63) is 52.7 Å². The van der Waals surface area contributed by atoms with Gasteiger partial charge in [0.25, 0.3) is 0 Å². The minimum Gasteiger partial charge on any atom is -0.506 e. The average molecular weight is 593 g/mol. The van der Waals surface area contributed by atoms with E-state index in [1.54, 1.807) is 11.6 Å². The molecule has 6 bridgehead atoms. The molecule has 5 heteroatoms. The first-order valence-corrected chi connectivity index (χ1v) is 17.8. The maximum atomic E-state index is 10.7. The largest absolute Gasteiger partial charge is 0.506 e. The molecule has 5 aliphatic heterocycles. The van der Waals surface area contributed by atoms with Gasteiger partial charge in [0.1, 0.15) is 11.3 Å². The van der Waals surface area contributed by atoms with Crippen molar-refractivity contribution in [3.63, 3.8) is 0 Å². The first-order valence-electron chi connectivity index (χ1n) is 17.8. The molecule has 6 heterocycles. The summed E-state index contributed by atoms with van der Waals surface area (Å²) < 4.78 is 0. The number of fused-ring (bicyclic) bond motifs is 3. The lowest BCUT2D eigenvalue weighted by molar-refractivity contribution is -0.110. The Kier molecular flexibility index (Phi) is 9.13. The summed E-state index contributed by atoms with van der Waals surface area (Å²) in [6.45, 7) is 6.78. The Hall–Kier alpha value is -2.65. The number of hydrogen-bond acceptors (Lipinski definition) is 5. The van der Waals surface area contributed by atoms with Crippen molar-refractivity contribution in [1.82, 2.24) is 14.8 Å². The third-order valence-electron chi connectivity index (χ3n) is 11.6. The van der Waals surface area contributed by atoms with E-state index >= 15 is 0 Å². The highest BCUT2D eigenvalue weighted by molar-refractivity contribution is 5.90. The molecule has 5 nitrogen and oxygen atoms in total. The molecule has 6 unspecified atom stereocenters. The number of nitrogens with two attached hydrogens (primary N) is 1. The molecular weight excluding hydrogens is 540 g/mol. The van der Waals surface area contributed by atoms with Gasteiger partial charge in [-0.25, -0.2) is 4.98 Å². The zero-order valence-corrected chi connectivity index (χ0v) is 26.7. The van der Waals surface area contributed by atoms with Gasteiger partial charge in [-0.3, -0.25) is 4.90 Å². The summed E-state index contributed by atoms with van der Waals surface area (Å²) in [7, 11) is 0. The fourth-order valence-corrected chi connectivity index (χ4v) is 9.84. The third-order valence-corrected chi connectivity index (χ3v) is 11.6. The number of phenols is 1. The van der Waals surface area contributed by atoms with Crippen LogP contribution >= 0.6 is 0 Å². The summed E-state index contributed by atoms with van der Waals surface area (Å²) in [6.07, 6.45) is 23.7. The molecule has 1 aromatic heterocycles. The number of piperidine rings is 2. The molecule has 3 N–H and O–H groups in total. The molecule has 234 valence electrons. The number of phenolic OH excluding ortho intramolecular Hbond substituents is 1. The lowest BCUT2D eigenvalue weighted by atomic mass is 9.52. The quantitative estimate of drug-likeness (QED) is 0.294. The Labute approximate surface area is 265 Å². The van der Waals surface area contributed by atoms with Crippen LogP contribution in [0.2, 0.25) is 0 Å². The lowest BCUT2D eigenvalue weighted by Crippen LogP contribution is -2.68. The van der Waals surface area contributed by atoms with Crippen molar-refractivity contribution >= 4 is 17.0 Å². The maximum absolute atomic E-state index is 10.7. The maximum Gasteiger partial charge on any atom is 0.141 e. The summed E-state index contributed by atoms with van der Waals surface area (Å²) in [5, 5.41) is 11.8. The lowest BCUT2D eigenvalue weighted by Gasteiger charge is -2.64. The Morgan fingerprint density at radius 2 is 1.89 bits per heavy atom. The first kappa shape index (κ1) is 30.0. The number of rotatable bonds is 2. The Bertz CT molecular complexity index is 1470. The van der Waals surface area contributed by atoms with E-state index in [9.17, 15) is 5.11 Å². The van der Waals surface area contributed by atoms with Gasteiger partial charge in [-0.2, -0.15) is 0 Å². The van der Waals surface area contributed by atoms with Crippen LogP contribution in [0.1, 0.15) is 93.9 Å². The van der Waals surface area contributed by atoms with E-state index in [1.165, 1.54) is 95.2 Å². The third kappa shape index (κ3) is 5.75. The van der Waals surface area contributed by atoms with Crippen molar-refractivity contribution < 1.29 is 5.11 Å². The molecule has 1 spiro atoms. The van der Waals surface area contributed by atoms with Crippen molar-refractivity contribution in [1.29, 1.82) is 0 Å². The number of allylic oxidation sites excluding steroid dienone is 1. The molecule has 44 heavy (non-hydrogen) atoms. The highest BCUT2D eigenvalue weighted by Gasteiger charge is 2.58. The van der Waals surface area contributed by atoms with Gasteiger partial charge in [0, 0.05) is 48.5 Å². The number of aryl methyl sites for hydroxylation is 1. The molecule has 0 amide bonds. The topological polar surface area (TPSA) is 65.6 Å². The number of hydrogen-bond donors (Lipinski definition) is 2. The standard InChI is InChI=1S/C39H52N4O/c40-22-19-31-32-15-8-10-21-39-28-42-23-11-6-4-2-1-3-5-7-14-29-26-30(34(39)20-25-42)27-43(38(29)39)24-12-9-17-35(32)41-37-33(31)16-13-18-36(37)44/h8,13,15-16,18,26,30,34,38,44H,2,4-7,9-12,14,17,19-25,27-28,40H2. The van der Waals surface area contributed by atoms with Gasteiger partial charge < -0.3 is 15.7 Å². The Morgan fingerprint density at radius 3 is 2.80 bits per heavy atom. The molecule has 0 saturated carbocycles. The number of para-hydroxylation sites is 1. The van der Waals surface area contributed by atoms with Gasteiger partial charge in [0.05, 0.1) is 0 Å². The zero-order chi connectivity index (χ0) is 29.9. The minimum atomic E-state index is 0.273. The van der Waals surface area contributed by atoms with Crippen molar-refractivity contribution in [2.45, 2.75) is 95.9 Å². The SMILES string of the molecule is NCCc1c2c(nc3c(O)cccc13)CCCCN1CC3C=C4CCCC#CCCCCCN5CCC3C(CCC=C2)(C5)C41. The monoisotopic (exact) mass is 592 g/mol. The predicted octanol–water partition coefficient (Wildman–Crippen LogP) is 6.87. The highest BCUT2D eigenvalue weighted by Crippen LogP contribution is 2.57. The van der Waals surface area contributed by atoms with Crippen LogP contribution in [0.3, 0.4) is 0 Å². The van der Waals surface area contributed by atoms with E-state index < -0.39 is 0 Å². The number of pyridine rings is 1. The molecule has 2 fully saturated rings. The Morgan fingerprint density at radius 1 is 1.00 bits per heavy atom. The molecule has 1 aliphatic carbocycles. The van der Waals surface area contributed by atoms with Gasteiger partial charge in [-0.1, -0.05) is 42.4 Å². The molecule has 2 aromatic rings. The van der Waals surface area contributed by atoms with Crippen LogP contribution in [0.4, 0.5) is 0 Å². The summed E-state index contributed by atoms with van der Waals surface area (Å²) >= 11 is 0. The zero-order valence-electron chi connectivity index (χ0n) is 26.7. The fraction of sp³-hybridized carbons (Fsp3) is 0.615. The molecular formula is C39H52N4O. The number of aromatic nitrogens is 1. The fourth-order valence-electron chi connectivity index (χ4n) is 9.84. The van der Waals surface area contributed by atoms with Crippen LogP contribution in [0, 0.1) is 29.1 Å². The number of aromatic hydroxyl groups is 1. The summed E-state index contributed by atoms with van der Waals surface area (Å²) in [4.78, 5) is 10.9. The Balaban J connectivity index is 1.26. The molecule has 6 aliphatic rings. The normalized spacial score (nSPS) is 32.6. The van der Waals surface area contributed by atoms with Crippen molar-refractivity contribution in [2.24, 2.45) is 23.0 Å². The van der Waals surface area contributed by atoms with E-state index in [0.29, 0.717) is 23.9 Å². The van der Waals surface area contributed by atoms with Gasteiger partial charge in [-0.15, -0.1) is 11.8 Å². The van der Waals surface area contributed by atoms with Gasteiger partial charge in [0.2, 0.25) is 0 Å². The van der Waals surface area contributed by atoms with E-state index in [0.717, 1.165) is 61.0 Å². The van der Waals surface area contributed by atoms with Crippen LogP contribution in [0.5, 0.6) is 5.75 Å². The summed E-state index contributed by atoms with van der Waals surface area (Å²) in [5.74, 6) is 8.75. The van der Waals surface area contributed by atoms with Crippen LogP contribution in [-0.2, 0) is 12.8 Å². The molecule has 1 aromatic carbocycles. The summed E-state index contributed by atoms with van der Waals surface area (Å²) in [6, 6.07) is 6.38. The summed E-state index contributed by atoms with van der Waals surface area (Å²) in [5.41, 5.74) is 12.6. The minimum absolute atomic E-state index is 0.273. The van der Waals surface area contributed by atoms with Crippen LogP contribution < -0.4 is 5.73 Å². The molecule has 6 atom stereocenters. The van der Waals surface area contributed by atoms with E-state index in [4.69, 9.17) is 10.7 Å². The number of nitrogens with zero attached hydrogens (tertiary/aromatic N) is 3. The number of benzene rings is 1. The molecule has 8 rings (SSSR count). The second kappa shape index (κ2) is 13.4. The van der Waals surface area contributed by atoms with Crippen LogP contribution in [-0.4, -0.2) is 65.2 Å². The second-order valence-corrected chi connectivity index (χ2v) is 14.3. The van der Waals surface area contributed by atoms with E-state index in [1.807, 2.05) is 6.07 Å². The van der Waals surface area contributed by atoms with Crippen LogP contribution in [0.25, 0.3) is 17.0 Å². The van der Waals surface area contributed by atoms with Crippen molar-refractivity contribution in [2.75, 3.05) is 39.3 Å². The molecule has 0 radical (unpaired) electrons. The smallest absolute Gasteiger partial charge is 0.141 e. The van der Waals surface area contributed by atoms with Crippen LogP contribution in [0.15, 0.2) is 35.9 Å². The predicted molar refractivity (Wildman–Crippen MR) is 181 cm³/mol. The van der Waals surface area contributed by atoms with Crippen molar-refractivity contribution in [3.8, 4) is 17.6 Å².